The number of ketones is 1. The number of carbonyl (C=O) groups excluding carboxylic acids is 2. The smallest absolute Gasteiger partial charge is 0.338 e. The summed E-state index contributed by atoms with van der Waals surface area (Å²) in [6.07, 6.45) is 0. The van der Waals surface area contributed by atoms with Crippen LogP contribution in [0.25, 0.3) is 0 Å². The van der Waals surface area contributed by atoms with E-state index in [9.17, 15) is 18.0 Å². The molecule has 0 aliphatic heterocycles. The maximum Gasteiger partial charge on any atom is 0.338 e. The molecule has 0 atom stereocenters. The molecule has 7 nitrogen and oxygen atoms in total. The Morgan fingerprint density at radius 3 is 2.16 bits per heavy atom. The van der Waals surface area contributed by atoms with E-state index in [1.807, 2.05) is 0 Å². The second-order valence-electron chi connectivity index (χ2n) is 6.56. The average Bonchev–Trinajstić information content (AvgIpc) is 2.82. The van der Waals surface area contributed by atoms with Crippen molar-refractivity contribution in [1.29, 1.82) is 0 Å². The van der Waals surface area contributed by atoms with Crippen molar-refractivity contribution in [2.75, 3.05) is 25.1 Å². The Morgan fingerprint density at radius 1 is 0.871 bits per heavy atom. The summed E-state index contributed by atoms with van der Waals surface area (Å²) in [6, 6.07) is 20.5. The Kier molecular flexibility index (Phi) is 6.71. The molecule has 0 amide bonds. The molecule has 0 aromatic heterocycles. The van der Waals surface area contributed by atoms with Crippen LogP contribution in [0.3, 0.4) is 0 Å². The first-order valence-electron chi connectivity index (χ1n) is 9.31. The van der Waals surface area contributed by atoms with Crippen molar-refractivity contribution in [3.63, 3.8) is 0 Å². The summed E-state index contributed by atoms with van der Waals surface area (Å²) in [5.41, 5.74) is 0.889. The zero-order valence-corrected chi connectivity index (χ0v) is 17.8. The summed E-state index contributed by atoms with van der Waals surface area (Å²) in [7, 11) is -0.985. The standard InChI is InChI=1S/C23H21NO6S/c1-24(19-11-13-20(29-2)14-12-19)31(27,28)21-10-6-9-18(15-21)23(26)30-16-22(25)17-7-4-3-5-8-17/h3-15H,16H2,1-2H3. The third-order valence-corrected chi connectivity index (χ3v) is 6.38. The summed E-state index contributed by atoms with van der Waals surface area (Å²) in [4.78, 5) is 24.4. The predicted molar refractivity (Wildman–Crippen MR) is 116 cm³/mol. The zero-order chi connectivity index (χ0) is 22.4. The molecule has 0 spiro atoms. The number of anilines is 1. The monoisotopic (exact) mass is 439 g/mol. The molecule has 3 aromatic carbocycles. The van der Waals surface area contributed by atoms with Crippen molar-refractivity contribution < 1.29 is 27.5 Å². The minimum atomic E-state index is -3.92. The summed E-state index contributed by atoms with van der Waals surface area (Å²) >= 11 is 0. The fraction of sp³-hybridized carbons (Fsp3) is 0.130. The Hall–Kier alpha value is -3.65. The van der Waals surface area contributed by atoms with Gasteiger partial charge in [0, 0.05) is 12.6 Å². The van der Waals surface area contributed by atoms with Gasteiger partial charge in [0.15, 0.2) is 12.4 Å². The van der Waals surface area contributed by atoms with Gasteiger partial charge in [-0.3, -0.25) is 9.10 Å². The van der Waals surface area contributed by atoms with E-state index in [1.165, 1.54) is 38.4 Å². The Bertz CT molecular complexity index is 1170. The van der Waals surface area contributed by atoms with Gasteiger partial charge in [0.2, 0.25) is 0 Å². The third kappa shape index (κ3) is 5.10. The second-order valence-corrected chi connectivity index (χ2v) is 8.53. The number of hydrogen-bond acceptors (Lipinski definition) is 6. The van der Waals surface area contributed by atoms with Gasteiger partial charge in [-0.2, -0.15) is 0 Å². The molecule has 0 bridgehead atoms. The van der Waals surface area contributed by atoms with Crippen LogP contribution < -0.4 is 9.04 Å². The summed E-state index contributed by atoms with van der Waals surface area (Å²) in [6.45, 7) is -0.439. The maximum absolute atomic E-state index is 13.0. The minimum absolute atomic E-state index is 0.0325. The first-order chi connectivity index (χ1) is 14.8. The van der Waals surface area contributed by atoms with Crippen molar-refractivity contribution in [3.05, 3.63) is 90.0 Å². The molecule has 0 unspecified atom stereocenters. The summed E-state index contributed by atoms with van der Waals surface area (Å²) < 4.78 is 37.3. The van der Waals surface area contributed by atoms with E-state index in [0.717, 1.165) is 4.31 Å². The van der Waals surface area contributed by atoms with Crippen LogP contribution in [0.4, 0.5) is 5.69 Å². The highest BCUT2D eigenvalue weighted by Gasteiger charge is 2.23. The van der Waals surface area contributed by atoms with Gasteiger partial charge in [-0.15, -0.1) is 0 Å². The molecule has 0 saturated heterocycles. The summed E-state index contributed by atoms with van der Waals surface area (Å²) in [5.74, 6) is -0.533. The number of benzene rings is 3. The van der Waals surface area contributed by atoms with E-state index in [1.54, 1.807) is 54.6 Å². The minimum Gasteiger partial charge on any atom is -0.497 e. The van der Waals surface area contributed by atoms with Crippen molar-refractivity contribution in [3.8, 4) is 5.75 Å². The van der Waals surface area contributed by atoms with E-state index >= 15 is 0 Å². The lowest BCUT2D eigenvalue weighted by atomic mass is 10.1. The highest BCUT2D eigenvalue weighted by atomic mass is 32.2. The molecule has 0 aliphatic carbocycles. The lowest BCUT2D eigenvalue weighted by Crippen LogP contribution is -2.26. The van der Waals surface area contributed by atoms with Gasteiger partial charge in [-0.1, -0.05) is 36.4 Å². The molecule has 0 aliphatic rings. The Balaban J connectivity index is 1.74. The van der Waals surface area contributed by atoms with Gasteiger partial charge in [0.25, 0.3) is 10.0 Å². The van der Waals surface area contributed by atoms with Crippen LogP contribution in [0.2, 0.25) is 0 Å². The molecule has 3 rings (SSSR count). The van der Waals surface area contributed by atoms with Crippen LogP contribution in [-0.2, 0) is 14.8 Å². The highest BCUT2D eigenvalue weighted by Crippen LogP contribution is 2.25. The van der Waals surface area contributed by atoms with E-state index in [-0.39, 0.29) is 16.2 Å². The topological polar surface area (TPSA) is 90.0 Å². The number of hydrogen-bond donors (Lipinski definition) is 0. The van der Waals surface area contributed by atoms with Gasteiger partial charge in [0.05, 0.1) is 23.3 Å². The SMILES string of the molecule is COc1ccc(N(C)S(=O)(=O)c2cccc(C(=O)OCC(=O)c3ccccc3)c2)cc1. The molecule has 160 valence electrons. The highest BCUT2D eigenvalue weighted by molar-refractivity contribution is 7.92. The number of nitrogens with zero attached hydrogens (tertiary/aromatic N) is 1. The molecule has 0 N–H and O–H groups in total. The lowest BCUT2D eigenvalue weighted by Gasteiger charge is -2.20. The molecular formula is C23H21NO6S. The number of carbonyl (C=O) groups is 2. The lowest BCUT2D eigenvalue weighted by molar-refractivity contribution is 0.0474. The molecule has 0 saturated carbocycles. The predicted octanol–water partition coefficient (Wildman–Crippen LogP) is 3.56. The van der Waals surface area contributed by atoms with Gasteiger partial charge in [-0.05, 0) is 42.5 Å². The van der Waals surface area contributed by atoms with Crippen LogP contribution in [0, 0.1) is 0 Å². The van der Waals surface area contributed by atoms with Crippen LogP contribution in [-0.4, -0.2) is 40.9 Å². The van der Waals surface area contributed by atoms with Crippen LogP contribution >= 0.6 is 0 Å². The number of ether oxygens (including phenoxy) is 2. The fourth-order valence-corrected chi connectivity index (χ4v) is 4.04. The van der Waals surface area contributed by atoms with Crippen LogP contribution in [0.5, 0.6) is 5.75 Å². The largest absolute Gasteiger partial charge is 0.497 e. The molecular weight excluding hydrogens is 418 g/mol. The molecule has 0 radical (unpaired) electrons. The van der Waals surface area contributed by atoms with Crippen LogP contribution in [0.15, 0.2) is 83.8 Å². The fourth-order valence-electron chi connectivity index (χ4n) is 2.79. The molecule has 0 fully saturated rings. The van der Waals surface area contributed by atoms with Gasteiger partial charge in [-0.25, -0.2) is 13.2 Å². The molecule has 3 aromatic rings. The quantitative estimate of drug-likeness (QED) is 0.394. The number of sulfonamides is 1. The first-order valence-corrected chi connectivity index (χ1v) is 10.8. The van der Waals surface area contributed by atoms with E-state index in [4.69, 9.17) is 9.47 Å². The van der Waals surface area contributed by atoms with Crippen molar-refractivity contribution in [2.45, 2.75) is 4.90 Å². The summed E-state index contributed by atoms with van der Waals surface area (Å²) in [5, 5.41) is 0. The van der Waals surface area contributed by atoms with E-state index in [0.29, 0.717) is 17.0 Å². The first kappa shape index (κ1) is 22.0. The Morgan fingerprint density at radius 2 is 1.52 bits per heavy atom. The average molecular weight is 439 g/mol. The maximum atomic E-state index is 13.0. The molecule has 8 heteroatoms. The van der Waals surface area contributed by atoms with Gasteiger partial charge in [0.1, 0.15) is 5.75 Å². The number of esters is 1. The van der Waals surface area contributed by atoms with Gasteiger partial charge >= 0.3 is 5.97 Å². The van der Waals surface area contributed by atoms with Crippen molar-refractivity contribution in [2.24, 2.45) is 0 Å². The number of Topliss-reactive ketones (excluding diaryl/α,β-unsaturated/α-hetero) is 1. The van der Waals surface area contributed by atoms with Gasteiger partial charge < -0.3 is 9.47 Å². The van der Waals surface area contributed by atoms with Crippen molar-refractivity contribution in [1.82, 2.24) is 0 Å². The third-order valence-electron chi connectivity index (χ3n) is 4.59. The molecule has 31 heavy (non-hydrogen) atoms. The van der Waals surface area contributed by atoms with Crippen LogP contribution in [0.1, 0.15) is 20.7 Å². The number of rotatable bonds is 8. The number of methoxy groups -OCH3 is 1. The van der Waals surface area contributed by atoms with Crippen molar-refractivity contribution >= 4 is 27.5 Å². The molecule has 0 heterocycles. The normalized spacial score (nSPS) is 10.9. The zero-order valence-electron chi connectivity index (χ0n) is 17.0. The van der Waals surface area contributed by atoms with E-state index in [2.05, 4.69) is 0 Å². The van der Waals surface area contributed by atoms with E-state index < -0.39 is 22.6 Å². The second kappa shape index (κ2) is 9.44. The Labute approximate surface area is 180 Å².